The van der Waals surface area contributed by atoms with E-state index in [1.807, 2.05) is 40.7 Å². The van der Waals surface area contributed by atoms with Crippen LogP contribution in [-0.2, 0) is 16.0 Å². The summed E-state index contributed by atoms with van der Waals surface area (Å²) in [5.74, 6) is 0.234. The number of amides is 2. The smallest absolute Gasteiger partial charge is 0.410 e. The van der Waals surface area contributed by atoms with Gasteiger partial charge < -0.3 is 29.5 Å². The highest BCUT2D eigenvalue weighted by molar-refractivity contribution is 6.01. The van der Waals surface area contributed by atoms with E-state index in [1.165, 1.54) is 6.07 Å². The molecule has 0 bridgehead atoms. The van der Waals surface area contributed by atoms with Crippen molar-refractivity contribution >= 4 is 34.5 Å². The zero-order valence-corrected chi connectivity index (χ0v) is 26.2. The SMILES string of the molecule is Cc1c(F)cccc1CNc1cc(C(=O)N(C)CCN(C(=O)OC(C)(C)C)C(C)C)cc2ncc(N3CCOCC3)nc12. The summed E-state index contributed by atoms with van der Waals surface area (Å²) >= 11 is 0. The van der Waals surface area contributed by atoms with Gasteiger partial charge in [0, 0.05) is 51.4 Å². The third-order valence-corrected chi connectivity index (χ3v) is 7.34. The summed E-state index contributed by atoms with van der Waals surface area (Å²) in [5.41, 5.74) is 2.97. The second-order valence-electron chi connectivity index (χ2n) is 12.1. The van der Waals surface area contributed by atoms with E-state index in [4.69, 9.17) is 14.5 Å². The number of carbonyl (C=O) groups is 2. The molecule has 43 heavy (non-hydrogen) atoms. The van der Waals surface area contributed by atoms with Crippen LogP contribution in [0.5, 0.6) is 0 Å². The number of nitrogens with zero attached hydrogens (tertiary/aromatic N) is 5. The van der Waals surface area contributed by atoms with Crippen molar-refractivity contribution in [2.45, 2.75) is 59.7 Å². The number of aromatic nitrogens is 2. The van der Waals surface area contributed by atoms with Gasteiger partial charge in [-0.05, 0) is 70.9 Å². The zero-order chi connectivity index (χ0) is 31.3. The monoisotopic (exact) mass is 594 g/mol. The number of benzene rings is 2. The first-order valence-corrected chi connectivity index (χ1v) is 14.7. The predicted octanol–water partition coefficient (Wildman–Crippen LogP) is 5.24. The molecule has 1 aliphatic rings. The predicted molar refractivity (Wildman–Crippen MR) is 166 cm³/mol. The lowest BCUT2D eigenvalue weighted by atomic mass is 10.1. The van der Waals surface area contributed by atoms with Crippen molar-refractivity contribution in [2.75, 3.05) is 56.7 Å². The lowest BCUT2D eigenvalue weighted by molar-refractivity contribution is 0.0173. The van der Waals surface area contributed by atoms with Crippen molar-refractivity contribution in [2.24, 2.45) is 0 Å². The summed E-state index contributed by atoms with van der Waals surface area (Å²) in [4.78, 5) is 41.3. The van der Waals surface area contributed by atoms with E-state index >= 15 is 0 Å². The maximum absolute atomic E-state index is 14.2. The third-order valence-electron chi connectivity index (χ3n) is 7.34. The van der Waals surface area contributed by atoms with Gasteiger partial charge in [-0.25, -0.2) is 14.2 Å². The average molecular weight is 595 g/mol. The Bertz CT molecular complexity index is 1450. The van der Waals surface area contributed by atoms with Crippen LogP contribution in [0.25, 0.3) is 11.0 Å². The number of likely N-dealkylation sites (N-methyl/N-ethyl adjacent to an activating group) is 1. The summed E-state index contributed by atoms with van der Waals surface area (Å²) in [7, 11) is 1.70. The van der Waals surface area contributed by atoms with E-state index in [0.29, 0.717) is 73.8 Å². The molecule has 0 atom stereocenters. The van der Waals surface area contributed by atoms with Crippen LogP contribution in [0, 0.1) is 12.7 Å². The van der Waals surface area contributed by atoms with Crippen molar-refractivity contribution in [1.82, 2.24) is 19.8 Å². The van der Waals surface area contributed by atoms with Crippen molar-refractivity contribution in [1.29, 1.82) is 0 Å². The summed E-state index contributed by atoms with van der Waals surface area (Å²) in [6.45, 7) is 14.7. The van der Waals surface area contributed by atoms with Gasteiger partial charge in [-0.15, -0.1) is 0 Å². The Morgan fingerprint density at radius 1 is 1.16 bits per heavy atom. The largest absolute Gasteiger partial charge is 0.444 e. The molecule has 1 saturated heterocycles. The van der Waals surface area contributed by atoms with Crippen LogP contribution in [0.2, 0.25) is 0 Å². The molecule has 0 spiro atoms. The molecule has 0 saturated carbocycles. The van der Waals surface area contributed by atoms with E-state index in [1.54, 1.807) is 48.2 Å². The van der Waals surface area contributed by atoms with E-state index in [0.717, 1.165) is 11.4 Å². The van der Waals surface area contributed by atoms with Crippen LogP contribution in [0.4, 0.5) is 20.7 Å². The molecule has 10 nitrogen and oxygen atoms in total. The first-order chi connectivity index (χ1) is 20.3. The molecule has 1 aromatic heterocycles. The Morgan fingerprint density at radius 2 is 1.88 bits per heavy atom. The standard InChI is InChI=1S/C32H43FN6O4/c1-21(2)39(31(41)43-32(4,5)6)12-11-37(7)30(40)24-17-26(34-19-23-9-8-10-25(33)22(23)3)29-27(18-24)35-20-28(36-29)38-13-15-42-16-14-38/h8-10,17-18,20-21,34H,11-16,19H2,1-7H3. The minimum atomic E-state index is -0.618. The van der Waals surface area contributed by atoms with Gasteiger partial charge in [0.15, 0.2) is 0 Å². The summed E-state index contributed by atoms with van der Waals surface area (Å²) in [5, 5.41) is 3.39. The number of ether oxygens (including phenoxy) is 2. The molecule has 1 fully saturated rings. The molecule has 11 heteroatoms. The Labute approximate surface area is 253 Å². The zero-order valence-electron chi connectivity index (χ0n) is 26.2. The minimum Gasteiger partial charge on any atom is -0.444 e. The molecule has 0 unspecified atom stereocenters. The minimum absolute atomic E-state index is 0.1000. The van der Waals surface area contributed by atoms with Crippen molar-refractivity contribution in [3.8, 4) is 0 Å². The topological polar surface area (TPSA) is 100 Å². The second kappa shape index (κ2) is 13.5. The van der Waals surface area contributed by atoms with Crippen LogP contribution < -0.4 is 10.2 Å². The molecule has 1 N–H and O–H groups in total. The third kappa shape index (κ3) is 8.10. The number of nitrogens with one attached hydrogen (secondary N) is 1. The molecule has 2 heterocycles. The average Bonchev–Trinajstić information content (AvgIpc) is 2.96. The maximum atomic E-state index is 14.2. The number of anilines is 2. The van der Waals surface area contributed by atoms with Gasteiger partial charge in [0.05, 0.1) is 30.6 Å². The van der Waals surface area contributed by atoms with Gasteiger partial charge in [0.1, 0.15) is 22.8 Å². The Morgan fingerprint density at radius 3 is 2.56 bits per heavy atom. The molecule has 2 amide bonds. The van der Waals surface area contributed by atoms with Gasteiger partial charge in [0.25, 0.3) is 5.91 Å². The number of morpholine rings is 1. The van der Waals surface area contributed by atoms with Crippen molar-refractivity contribution in [3.05, 3.63) is 59.0 Å². The number of halogens is 1. The van der Waals surface area contributed by atoms with Gasteiger partial charge in [-0.3, -0.25) is 9.78 Å². The van der Waals surface area contributed by atoms with Crippen molar-refractivity contribution in [3.63, 3.8) is 0 Å². The summed E-state index contributed by atoms with van der Waals surface area (Å²) < 4.78 is 25.3. The summed E-state index contributed by atoms with van der Waals surface area (Å²) in [6, 6.07) is 8.38. The molecule has 0 radical (unpaired) electrons. The molecule has 232 valence electrons. The number of rotatable bonds is 9. The summed E-state index contributed by atoms with van der Waals surface area (Å²) in [6.07, 6.45) is 1.30. The molecule has 2 aromatic carbocycles. The van der Waals surface area contributed by atoms with Gasteiger partial charge in [-0.1, -0.05) is 12.1 Å². The Hall–Kier alpha value is -3.99. The highest BCUT2D eigenvalue weighted by Crippen LogP contribution is 2.27. The number of hydrogen-bond acceptors (Lipinski definition) is 8. The van der Waals surface area contributed by atoms with Crippen LogP contribution >= 0.6 is 0 Å². The normalized spacial score (nSPS) is 13.7. The lowest BCUT2D eigenvalue weighted by Crippen LogP contribution is -2.45. The highest BCUT2D eigenvalue weighted by Gasteiger charge is 2.25. The first-order valence-electron chi connectivity index (χ1n) is 14.7. The number of hydrogen-bond donors (Lipinski definition) is 1. The Balaban J connectivity index is 1.60. The highest BCUT2D eigenvalue weighted by atomic mass is 19.1. The second-order valence-corrected chi connectivity index (χ2v) is 12.1. The van der Waals surface area contributed by atoms with Crippen LogP contribution in [0.1, 0.15) is 56.1 Å². The molecular formula is C32H43FN6O4. The molecule has 0 aliphatic carbocycles. The first kappa shape index (κ1) is 31.9. The van der Waals surface area contributed by atoms with E-state index in [9.17, 15) is 14.0 Å². The molecule has 1 aliphatic heterocycles. The van der Waals surface area contributed by atoms with Crippen LogP contribution in [-0.4, -0.2) is 89.9 Å². The molecule has 4 rings (SSSR count). The van der Waals surface area contributed by atoms with Crippen molar-refractivity contribution < 1.29 is 23.5 Å². The van der Waals surface area contributed by atoms with Gasteiger partial charge in [-0.2, -0.15) is 0 Å². The van der Waals surface area contributed by atoms with Gasteiger partial charge >= 0.3 is 6.09 Å². The van der Waals surface area contributed by atoms with E-state index in [2.05, 4.69) is 15.2 Å². The van der Waals surface area contributed by atoms with Gasteiger partial charge in [0.2, 0.25) is 0 Å². The van der Waals surface area contributed by atoms with Crippen LogP contribution in [0.3, 0.4) is 0 Å². The quantitative estimate of drug-likeness (QED) is 0.359. The lowest BCUT2D eigenvalue weighted by Gasteiger charge is -2.31. The van der Waals surface area contributed by atoms with Crippen LogP contribution in [0.15, 0.2) is 36.5 Å². The fraction of sp³-hybridized carbons (Fsp3) is 0.500. The Kier molecular flexibility index (Phi) is 10.1. The number of fused-ring (bicyclic) bond motifs is 1. The number of carbonyl (C=O) groups excluding carboxylic acids is 2. The fourth-order valence-corrected chi connectivity index (χ4v) is 4.80. The molecule has 3 aromatic rings. The van der Waals surface area contributed by atoms with E-state index < -0.39 is 11.7 Å². The fourth-order valence-electron chi connectivity index (χ4n) is 4.80. The molecular weight excluding hydrogens is 551 g/mol. The van der Waals surface area contributed by atoms with E-state index in [-0.39, 0.29) is 17.8 Å². The maximum Gasteiger partial charge on any atom is 0.410 e.